The van der Waals surface area contributed by atoms with Crippen molar-refractivity contribution in [2.24, 2.45) is 5.92 Å². The molecule has 1 saturated carbocycles. The number of carbonyl (C=O) groups excluding carboxylic acids is 4. The van der Waals surface area contributed by atoms with Crippen LogP contribution in [0, 0.1) is 5.92 Å². The Morgan fingerprint density at radius 2 is 1.72 bits per heavy atom. The second kappa shape index (κ2) is 16.0. The molecule has 4 rings (SSSR count). The van der Waals surface area contributed by atoms with Gasteiger partial charge in [0.15, 0.2) is 5.82 Å². The van der Waals surface area contributed by atoms with Gasteiger partial charge in [-0.15, -0.1) is 0 Å². The van der Waals surface area contributed by atoms with Crippen molar-refractivity contribution in [3.05, 3.63) is 47.8 Å². The molecule has 250 valence electrons. The average Bonchev–Trinajstić information content (AvgIpc) is 3.81. The Hall–Kier alpha value is -4.06. The van der Waals surface area contributed by atoms with Gasteiger partial charge in [-0.05, 0) is 52.0 Å². The Kier molecular flexibility index (Phi) is 12.1. The highest BCUT2D eigenvalue weighted by Crippen LogP contribution is 2.47. The average molecular weight is 638 g/mol. The van der Waals surface area contributed by atoms with E-state index in [1.54, 1.807) is 43.7 Å². The number of nitrogens with zero attached hydrogens (tertiary/aromatic N) is 4. The number of nitrogens with one attached hydrogen (secondary N) is 1. The van der Waals surface area contributed by atoms with Crippen molar-refractivity contribution in [3.8, 4) is 11.4 Å². The molecule has 1 aliphatic heterocycles. The fourth-order valence-corrected chi connectivity index (χ4v) is 5.37. The van der Waals surface area contributed by atoms with Gasteiger partial charge in [-0.25, -0.2) is 14.8 Å². The Morgan fingerprint density at radius 1 is 1.02 bits per heavy atom. The van der Waals surface area contributed by atoms with E-state index >= 15 is 0 Å². The zero-order valence-corrected chi connectivity index (χ0v) is 27.6. The Bertz CT molecular complexity index is 1360. The number of carbonyl (C=O) groups is 4. The molecule has 0 unspecified atom stereocenters. The van der Waals surface area contributed by atoms with Gasteiger partial charge in [-0.3, -0.25) is 14.4 Å². The largest absolute Gasteiger partial charge is 0.460 e. The van der Waals surface area contributed by atoms with Crippen LogP contribution in [0.4, 0.5) is 4.79 Å². The van der Waals surface area contributed by atoms with Crippen LogP contribution in [0.3, 0.4) is 0 Å². The van der Waals surface area contributed by atoms with Crippen LogP contribution in [0.1, 0.15) is 81.9 Å². The Balaban J connectivity index is 1.51. The summed E-state index contributed by atoms with van der Waals surface area (Å²) in [6.45, 7) is 9.47. The van der Waals surface area contributed by atoms with Crippen LogP contribution >= 0.6 is 0 Å². The van der Waals surface area contributed by atoms with Crippen molar-refractivity contribution < 1.29 is 33.4 Å². The molecule has 1 aromatic heterocycles. The first-order valence-electron chi connectivity index (χ1n) is 16.2. The van der Waals surface area contributed by atoms with E-state index in [0.29, 0.717) is 38.0 Å². The highest BCUT2D eigenvalue weighted by molar-refractivity contribution is 5.96. The third-order valence-electron chi connectivity index (χ3n) is 7.93. The first-order valence-corrected chi connectivity index (χ1v) is 16.2. The fourth-order valence-electron chi connectivity index (χ4n) is 5.37. The predicted octanol–water partition coefficient (Wildman–Crippen LogP) is 4.19. The van der Waals surface area contributed by atoms with Crippen LogP contribution in [0.2, 0.25) is 0 Å². The molecule has 1 aromatic carbocycles. The summed E-state index contributed by atoms with van der Waals surface area (Å²) >= 11 is 0. The van der Waals surface area contributed by atoms with Gasteiger partial charge in [0.25, 0.3) is 5.91 Å². The molecule has 2 heterocycles. The zero-order chi connectivity index (χ0) is 33.3. The number of piperazine rings is 1. The van der Waals surface area contributed by atoms with Gasteiger partial charge in [0, 0.05) is 63.5 Å². The molecule has 0 bridgehead atoms. The van der Waals surface area contributed by atoms with Crippen molar-refractivity contribution in [1.82, 2.24) is 25.1 Å². The van der Waals surface area contributed by atoms with Crippen molar-refractivity contribution in [2.75, 3.05) is 46.5 Å². The van der Waals surface area contributed by atoms with E-state index in [1.165, 1.54) is 0 Å². The molecule has 3 amide bonds. The lowest BCUT2D eigenvalue weighted by Crippen LogP contribution is -2.56. The highest BCUT2D eigenvalue weighted by atomic mass is 16.6. The van der Waals surface area contributed by atoms with Crippen LogP contribution in [-0.2, 0) is 23.8 Å². The minimum atomic E-state index is -1.01. The number of hydrogen-bond donors (Lipinski definition) is 1. The molecule has 46 heavy (non-hydrogen) atoms. The molecule has 12 nitrogen and oxygen atoms in total. The third kappa shape index (κ3) is 9.97. The molecule has 2 aliphatic rings. The summed E-state index contributed by atoms with van der Waals surface area (Å²) in [5, 5.41) is 2.86. The maximum absolute atomic E-state index is 13.8. The van der Waals surface area contributed by atoms with Gasteiger partial charge in [0.1, 0.15) is 17.3 Å². The molecule has 1 saturated heterocycles. The standard InChI is InChI=1S/C34H47N5O7/c1-6-7-19-45-33(43)39-17-15-38(16-18-39)32(42)26(13-14-29(40)46-34(2,3)4)37-31(41)28-21-27(25-20-24(25)22-44-5)35-30(36-28)23-11-9-8-10-12-23/h8-12,21,24-26H,6-7,13-20,22H2,1-5H3,(H,37,41)/t24-,25+,26+/m1/s1. The van der Waals surface area contributed by atoms with Gasteiger partial charge < -0.3 is 29.3 Å². The monoisotopic (exact) mass is 637 g/mol. The summed E-state index contributed by atoms with van der Waals surface area (Å²) in [6.07, 6.45) is 2.19. The van der Waals surface area contributed by atoms with E-state index in [2.05, 4.69) is 10.3 Å². The summed E-state index contributed by atoms with van der Waals surface area (Å²) in [7, 11) is 1.66. The predicted molar refractivity (Wildman–Crippen MR) is 171 cm³/mol. The van der Waals surface area contributed by atoms with E-state index in [4.69, 9.17) is 19.2 Å². The van der Waals surface area contributed by atoms with Gasteiger partial charge in [0.05, 0.1) is 6.61 Å². The van der Waals surface area contributed by atoms with E-state index in [1.807, 2.05) is 37.3 Å². The minimum absolute atomic E-state index is 0.0424. The second-order valence-electron chi connectivity index (χ2n) is 12.9. The number of amides is 3. The van der Waals surface area contributed by atoms with E-state index < -0.39 is 29.6 Å². The second-order valence-corrected chi connectivity index (χ2v) is 12.9. The summed E-state index contributed by atoms with van der Waals surface area (Å²) in [5.74, 6) is -0.462. The molecule has 2 fully saturated rings. The topological polar surface area (TPSA) is 140 Å². The van der Waals surface area contributed by atoms with Crippen LogP contribution < -0.4 is 5.32 Å². The van der Waals surface area contributed by atoms with Crippen molar-refractivity contribution in [3.63, 3.8) is 0 Å². The zero-order valence-electron chi connectivity index (χ0n) is 27.6. The summed E-state index contributed by atoms with van der Waals surface area (Å²) in [4.78, 5) is 65.2. The number of unbranched alkanes of at least 4 members (excludes halogenated alkanes) is 1. The van der Waals surface area contributed by atoms with Gasteiger partial charge in [-0.2, -0.15) is 0 Å². The quantitative estimate of drug-likeness (QED) is 0.253. The number of hydrogen-bond acceptors (Lipinski definition) is 9. The lowest BCUT2D eigenvalue weighted by atomic mass is 10.1. The molecule has 1 N–H and O–H groups in total. The molecule has 2 aromatic rings. The first-order chi connectivity index (χ1) is 22.0. The maximum atomic E-state index is 13.8. The van der Waals surface area contributed by atoms with Crippen LogP contribution in [0.25, 0.3) is 11.4 Å². The van der Waals surface area contributed by atoms with Gasteiger partial charge in [0.2, 0.25) is 5.91 Å². The number of ether oxygens (including phenoxy) is 3. The number of methoxy groups -OCH3 is 1. The smallest absolute Gasteiger partial charge is 0.409 e. The maximum Gasteiger partial charge on any atom is 0.409 e. The number of rotatable bonds is 13. The van der Waals surface area contributed by atoms with Crippen LogP contribution in [0.15, 0.2) is 36.4 Å². The summed E-state index contributed by atoms with van der Waals surface area (Å²) < 4.78 is 16.1. The Labute approximate surface area is 271 Å². The fraction of sp³-hybridized carbons (Fsp3) is 0.588. The number of aromatic nitrogens is 2. The molecular formula is C34H47N5O7. The van der Waals surface area contributed by atoms with Crippen molar-refractivity contribution in [1.29, 1.82) is 0 Å². The van der Waals surface area contributed by atoms with Crippen molar-refractivity contribution in [2.45, 2.75) is 77.4 Å². The molecular weight excluding hydrogens is 590 g/mol. The third-order valence-corrected chi connectivity index (χ3v) is 7.93. The molecule has 3 atom stereocenters. The number of benzene rings is 1. The number of esters is 1. The van der Waals surface area contributed by atoms with Crippen molar-refractivity contribution >= 4 is 23.9 Å². The lowest BCUT2D eigenvalue weighted by Gasteiger charge is -2.36. The van der Waals surface area contributed by atoms with E-state index in [9.17, 15) is 19.2 Å². The highest BCUT2D eigenvalue weighted by Gasteiger charge is 2.40. The first kappa shape index (κ1) is 34.8. The van der Waals surface area contributed by atoms with Gasteiger partial charge >= 0.3 is 12.1 Å². The Morgan fingerprint density at radius 3 is 2.37 bits per heavy atom. The van der Waals surface area contributed by atoms with E-state index in [0.717, 1.165) is 30.5 Å². The molecule has 1 aliphatic carbocycles. The molecule has 0 spiro atoms. The summed E-state index contributed by atoms with van der Waals surface area (Å²) in [6, 6.07) is 10.1. The van der Waals surface area contributed by atoms with Gasteiger partial charge in [-0.1, -0.05) is 43.7 Å². The summed E-state index contributed by atoms with van der Waals surface area (Å²) in [5.41, 5.74) is 0.976. The van der Waals surface area contributed by atoms with E-state index in [-0.39, 0.29) is 43.5 Å². The van der Waals surface area contributed by atoms with Crippen LogP contribution in [0.5, 0.6) is 0 Å². The minimum Gasteiger partial charge on any atom is -0.460 e. The normalized spacial score (nSPS) is 18.5. The lowest BCUT2D eigenvalue weighted by molar-refractivity contribution is -0.155. The van der Waals surface area contributed by atoms with Crippen LogP contribution in [-0.4, -0.2) is 102 Å². The molecule has 12 heteroatoms. The SMILES string of the molecule is CCCCOC(=O)N1CCN(C(=O)[C@H](CCC(=O)OC(C)(C)C)NC(=O)c2cc([C@H]3C[C@@H]3COC)nc(-c3ccccc3)n2)CC1. The molecule has 0 radical (unpaired) electrons.